The molecule has 0 aromatic heterocycles. The van der Waals surface area contributed by atoms with Gasteiger partial charge in [-0.1, -0.05) is 6.07 Å². The van der Waals surface area contributed by atoms with Crippen molar-refractivity contribution in [3.8, 4) is 11.1 Å². The molecule has 0 radical (unpaired) electrons. The van der Waals surface area contributed by atoms with Crippen molar-refractivity contribution >= 4 is 23.8 Å². The van der Waals surface area contributed by atoms with Crippen LogP contribution in [0.1, 0.15) is 19.3 Å². The van der Waals surface area contributed by atoms with E-state index in [1.807, 2.05) is 4.90 Å². The third-order valence-electron chi connectivity index (χ3n) is 5.83. The van der Waals surface area contributed by atoms with Gasteiger partial charge < -0.3 is 15.0 Å². The summed E-state index contributed by atoms with van der Waals surface area (Å²) in [6, 6.07) is 9.56. The van der Waals surface area contributed by atoms with E-state index < -0.39 is 11.9 Å². The minimum Gasteiger partial charge on any atom is -0.442 e. The van der Waals surface area contributed by atoms with E-state index in [-0.39, 0.29) is 11.9 Å². The van der Waals surface area contributed by atoms with Gasteiger partial charge >= 0.3 is 6.09 Å². The molecule has 10 heteroatoms. The molecule has 1 amide bonds. The van der Waals surface area contributed by atoms with Crippen LogP contribution in [-0.2, 0) is 4.74 Å². The number of halogens is 2. The number of nitrogens with one attached hydrogen (secondary N) is 2. The van der Waals surface area contributed by atoms with Gasteiger partial charge in [-0.3, -0.25) is 5.01 Å². The second kappa shape index (κ2) is 8.62. The Morgan fingerprint density at radius 3 is 2.62 bits per heavy atom. The van der Waals surface area contributed by atoms with Gasteiger partial charge in [0.1, 0.15) is 24.1 Å². The highest BCUT2D eigenvalue weighted by Gasteiger charge is 2.27. The van der Waals surface area contributed by atoms with Crippen LogP contribution in [0, 0.1) is 11.6 Å². The molecule has 2 fully saturated rings. The molecule has 0 unspecified atom stereocenters. The maximum Gasteiger partial charge on any atom is 0.407 e. The van der Waals surface area contributed by atoms with Gasteiger partial charge in [-0.05, 0) is 49.1 Å². The summed E-state index contributed by atoms with van der Waals surface area (Å²) in [6.45, 7) is 2.50. The molecule has 1 atom stereocenters. The van der Waals surface area contributed by atoms with Crippen LogP contribution in [0.3, 0.4) is 0 Å². The molecule has 3 heterocycles. The Hall–Kier alpha value is -3.40. The second-order valence-electron chi connectivity index (χ2n) is 8.08. The molecule has 3 aliphatic rings. The predicted octanol–water partition coefficient (Wildman–Crippen LogP) is 3.22. The summed E-state index contributed by atoms with van der Waals surface area (Å²) in [4.78, 5) is 13.2. The third-order valence-corrected chi connectivity index (χ3v) is 5.83. The number of hydrogen-bond donors (Lipinski definition) is 2. The van der Waals surface area contributed by atoms with Gasteiger partial charge in [0.05, 0.1) is 24.5 Å². The van der Waals surface area contributed by atoms with Crippen LogP contribution in [0.5, 0.6) is 0 Å². The smallest absolute Gasteiger partial charge is 0.407 e. The number of piperidine rings is 1. The van der Waals surface area contributed by atoms with Crippen molar-refractivity contribution < 1.29 is 18.3 Å². The first-order chi connectivity index (χ1) is 15.6. The number of alkyl carbamates (subject to hydrolysis) is 1. The number of cyclic esters (lactones) is 1. The number of amides is 1. The number of carbonyl (C=O) groups is 1. The van der Waals surface area contributed by atoms with Crippen molar-refractivity contribution in [1.82, 2.24) is 15.9 Å². The molecule has 0 saturated carbocycles. The number of ether oxygens (including phenoxy) is 1. The van der Waals surface area contributed by atoms with Crippen molar-refractivity contribution in [2.45, 2.75) is 25.4 Å². The minimum absolute atomic E-state index is 0.302. The molecule has 2 aromatic rings. The van der Waals surface area contributed by atoms with Crippen LogP contribution in [-0.4, -0.2) is 49.7 Å². The molecular weight excluding hydrogens is 418 g/mol. The van der Waals surface area contributed by atoms with Gasteiger partial charge in [0.15, 0.2) is 0 Å². The fourth-order valence-corrected chi connectivity index (χ4v) is 4.19. The number of rotatable bonds is 5. The monoisotopic (exact) mass is 442 g/mol. The molecule has 2 aromatic carbocycles. The first-order valence-corrected chi connectivity index (χ1v) is 10.7. The summed E-state index contributed by atoms with van der Waals surface area (Å²) in [6.07, 6.45) is 4.08. The van der Waals surface area contributed by atoms with E-state index in [1.165, 1.54) is 30.0 Å². The highest BCUT2D eigenvalue weighted by Crippen LogP contribution is 2.31. The molecule has 168 valence electrons. The van der Waals surface area contributed by atoms with Crippen LogP contribution >= 0.6 is 0 Å². The molecule has 8 nitrogen and oxygen atoms in total. The van der Waals surface area contributed by atoms with E-state index in [0.29, 0.717) is 35.6 Å². The summed E-state index contributed by atoms with van der Waals surface area (Å²) >= 11 is 0. The SMILES string of the molecule is O=C1NC[C@H](CN2C=NN(c3ccc(-c4ccc(N5CCCCC5)c(F)c4)c(F)c3)N2)O1. The minimum atomic E-state index is -0.475. The predicted molar refractivity (Wildman–Crippen MR) is 117 cm³/mol. The quantitative estimate of drug-likeness (QED) is 0.741. The fraction of sp³-hybridized carbons (Fsp3) is 0.364. The number of carbonyl (C=O) groups excluding carboxylic acids is 1. The maximum absolute atomic E-state index is 14.9. The second-order valence-corrected chi connectivity index (χ2v) is 8.08. The van der Waals surface area contributed by atoms with Crippen LogP contribution in [0.25, 0.3) is 11.1 Å². The summed E-state index contributed by atoms with van der Waals surface area (Å²) in [5.41, 5.74) is 4.85. The molecule has 5 rings (SSSR count). The Labute approximate surface area is 184 Å². The Morgan fingerprint density at radius 1 is 1.06 bits per heavy atom. The fourth-order valence-electron chi connectivity index (χ4n) is 4.19. The summed E-state index contributed by atoms with van der Waals surface area (Å²) < 4.78 is 34.8. The number of anilines is 2. The van der Waals surface area contributed by atoms with Gasteiger partial charge in [0.25, 0.3) is 0 Å². The van der Waals surface area contributed by atoms with Crippen molar-refractivity contribution in [3.05, 3.63) is 48.0 Å². The lowest BCUT2D eigenvalue weighted by Gasteiger charge is -2.29. The van der Waals surface area contributed by atoms with Crippen LogP contribution in [0.4, 0.5) is 25.0 Å². The van der Waals surface area contributed by atoms with Crippen molar-refractivity contribution in [1.29, 1.82) is 0 Å². The van der Waals surface area contributed by atoms with Gasteiger partial charge in [-0.2, -0.15) is 5.12 Å². The molecular formula is C22H24F2N6O2. The van der Waals surface area contributed by atoms with Crippen LogP contribution in [0.15, 0.2) is 41.5 Å². The van der Waals surface area contributed by atoms with E-state index in [2.05, 4.69) is 16.0 Å². The topological polar surface area (TPSA) is 72.4 Å². The van der Waals surface area contributed by atoms with Gasteiger partial charge in [0.2, 0.25) is 0 Å². The van der Waals surface area contributed by atoms with E-state index in [4.69, 9.17) is 4.74 Å². The first kappa shape index (κ1) is 20.5. The van der Waals surface area contributed by atoms with Gasteiger partial charge in [-0.15, -0.1) is 10.6 Å². The zero-order valence-electron chi connectivity index (χ0n) is 17.4. The van der Waals surface area contributed by atoms with Crippen LogP contribution < -0.4 is 20.9 Å². The highest BCUT2D eigenvalue weighted by atomic mass is 19.1. The molecule has 3 aliphatic heterocycles. The maximum atomic E-state index is 14.9. The molecule has 0 bridgehead atoms. The van der Waals surface area contributed by atoms with Crippen molar-refractivity contribution in [2.24, 2.45) is 5.10 Å². The van der Waals surface area contributed by atoms with Gasteiger partial charge in [0, 0.05) is 24.7 Å². The van der Waals surface area contributed by atoms with Crippen molar-refractivity contribution in [3.63, 3.8) is 0 Å². The Balaban J connectivity index is 1.27. The lowest BCUT2D eigenvalue weighted by molar-refractivity contribution is 0.119. The van der Waals surface area contributed by atoms with E-state index in [9.17, 15) is 13.6 Å². The normalized spacial score (nSPS) is 20.6. The Morgan fingerprint density at radius 2 is 1.91 bits per heavy atom. The first-order valence-electron chi connectivity index (χ1n) is 10.7. The zero-order chi connectivity index (χ0) is 22.1. The number of hydrazine groups is 2. The average molecular weight is 442 g/mol. The average Bonchev–Trinajstić information content (AvgIpc) is 3.43. The van der Waals surface area contributed by atoms with Crippen molar-refractivity contribution in [2.75, 3.05) is 36.2 Å². The van der Waals surface area contributed by atoms with E-state index in [0.717, 1.165) is 25.9 Å². The Bertz CT molecular complexity index is 1040. The van der Waals surface area contributed by atoms with Crippen LogP contribution in [0.2, 0.25) is 0 Å². The molecule has 2 N–H and O–H groups in total. The standard InChI is InChI=1S/C22H24F2N6O2/c23-19-11-16(30-26-14-29(27-30)13-17-12-25-22(31)32-17)5-6-18(19)15-4-7-21(20(24)10-15)28-8-2-1-3-9-28/h4-7,10-11,14,17,27H,1-3,8-9,12-13H2,(H,25,31)/t17-/m1/s1. The Kier molecular flexibility index (Phi) is 5.52. The van der Waals surface area contributed by atoms with E-state index in [1.54, 1.807) is 29.3 Å². The van der Waals surface area contributed by atoms with Gasteiger partial charge in [-0.25, -0.2) is 13.6 Å². The largest absolute Gasteiger partial charge is 0.442 e. The molecule has 0 aliphatic carbocycles. The summed E-state index contributed by atoms with van der Waals surface area (Å²) in [5.74, 6) is -0.812. The van der Waals surface area contributed by atoms with E-state index >= 15 is 0 Å². The zero-order valence-corrected chi connectivity index (χ0v) is 17.4. The summed E-state index contributed by atoms with van der Waals surface area (Å²) in [7, 11) is 0. The summed E-state index contributed by atoms with van der Waals surface area (Å²) in [5, 5.41) is 9.85. The number of hydrazone groups is 1. The third kappa shape index (κ3) is 4.18. The number of benzene rings is 2. The molecule has 32 heavy (non-hydrogen) atoms. The lowest BCUT2D eigenvalue weighted by Crippen LogP contribution is -2.44. The molecule has 0 spiro atoms. The lowest BCUT2D eigenvalue weighted by atomic mass is 10.0. The number of hydrogen-bond acceptors (Lipinski definition) is 7. The highest BCUT2D eigenvalue weighted by molar-refractivity contribution is 5.71. The molecule has 2 saturated heterocycles. The number of nitrogens with zero attached hydrogens (tertiary/aromatic N) is 4.